The predicted molar refractivity (Wildman–Crippen MR) is 107 cm³/mol. The summed E-state index contributed by atoms with van der Waals surface area (Å²) in [5.74, 6) is 0.676. The van der Waals surface area contributed by atoms with Crippen molar-refractivity contribution in [3.8, 4) is 5.75 Å². The number of aromatic nitrogens is 1. The Hall–Kier alpha value is -3.61. The predicted octanol–water partition coefficient (Wildman–Crippen LogP) is 3.71. The van der Waals surface area contributed by atoms with Gasteiger partial charge >= 0.3 is 0 Å². The van der Waals surface area contributed by atoms with Gasteiger partial charge in [-0.1, -0.05) is 22.9 Å². The fourth-order valence-corrected chi connectivity index (χ4v) is 2.67. The molecule has 2 amide bonds. The largest absolute Gasteiger partial charge is 0.486 e. The standard InChI is InChI=1S/C22H21N3O4/c1-14-2-4-15(5-3-14)21(26)23-17-8-10-18(11-9-17)28-13-19-12-20(25-29-19)22(27)24-16-6-7-16/h2-5,8-12,16H,6-7,13H2,1H3,(H,23,26)(H,24,27). The van der Waals surface area contributed by atoms with E-state index in [1.54, 1.807) is 42.5 Å². The fraction of sp³-hybridized carbons (Fsp3) is 0.227. The summed E-state index contributed by atoms with van der Waals surface area (Å²) in [4.78, 5) is 24.2. The third kappa shape index (κ3) is 5.01. The molecule has 4 rings (SSSR count). The molecule has 0 radical (unpaired) electrons. The molecule has 1 saturated carbocycles. The molecule has 148 valence electrons. The van der Waals surface area contributed by atoms with E-state index in [9.17, 15) is 9.59 Å². The Balaban J connectivity index is 1.29. The Labute approximate surface area is 168 Å². The summed E-state index contributed by atoms with van der Waals surface area (Å²) in [7, 11) is 0. The van der Waals surface area contributed by atoms with E-state index in [2.05, 4.69) is 15.8 Å². The van der Waals surface area contributed by atoms with Crippen LogP contribution in [0.4, 0.5) is 5.69 Å². The summed E-state index contributed by atoms with van der Waals surface area (Å²) in [6, 6.07) is 16.2. The highest BCUT2D eigenvalue weighted by atomic mass is 16.5. The highest BCUT2D eigenvalue weighted by molar-refractivity contribution is 6.04. The summed E-state index contributed by atoms with van der Waals surface area (Å²) in [5, 5.41) is 9.48. The average molecular weight is 391 g/mol. The molecule has 0 unspecified atom stereocenters. The van der Waals surface area contributed by atoms with Crippen molar-refractivity contribution in [3.63, 3.8) is 0 Å². The molecule has 0 bridgehead atoms. The number of anilines is 1. The highest BCUT2D eigenvalue weighted by Crippen LogP contribution is 2.20. The third-order valence-electron chi connectivity index (χ3n) is 4.51. The SMILES string of the molecule is Cc1ccc(C(=O)Nc2ccc(OCc3cc(C(=O)NC4CC4)no3)cc2)cc1. The number of amides is 2. The number of hydrogen-bond acceptors (Lipinski definition) is 5. The molecule has 1 fully saturated rings. The van der Waals surface area contributed by atoms with Crippen LogP contribution in [0.5, 0.6) is 5.75 Å². The van der Waals surface area contributed by atoms with Crippen molar-refractivity contribution in [1.29, 1.82) is 0 Å². The van der Waals surface area contributed by atoms with E-state index in [1.165, 1.54) is 0 Å². The number of benzene rings is 2. The zero-order valence-electron chi connectivity index (χ0n) is 16.0. The lowest BCUT2D eigenvalue weighted by atomic mass is 10.1. The smallest absolute Gasteiger partial charge is 0.273 e. The van der Waals surface area contributed by atoms with Crippen LogP contribution in [-0.2, 0) is 6.61 Å². The van der Waals surface area contributed by atoms with Gasteiger partial charge in [0.2, 0.25) is 0 Å². The van der Waals surface area contributed by atoms with E-state index in [0.29, 0.717) is 22.8 Å². The van der Waals surface area contributed by atoms with Gasteiger partial charge in [0.1, 0.15) is 12.4 Å². The van der Waals surface area contributed by atoms with E-state index < -0.39 is 0 Å². The Kier molecular flexibility index (Phi) is 5.29. The van der Waals surface area contributed by atoms with E-state index in [1.807, 2.05) is 19.1 Å². The van der Waals surface area contributed by atoms with Gasteiger partial charge in [0.25, 0.3) is 11.8 Å². The molecule has 2 N–H and O–H groups in total. The molecular formula is C22H21N3O4. The zero-order chi connectivity index (χ0) is 20.2. The first-order chi connectivity index (χ1) is 14.1. The van der Waals surface area contributed by atoms with Crippen molar-refractivity contribution < 1.29 is 18.8 Å². The number of aryl methyl sites for hydroxylation is 1. The number of nitrogens with one attached hydrogen (secondary N) is 2. The van der Waals surface area contributed by atoms with Gasteiger partial charge in [-0.15, -0.1) is 0 Å². The average Bonchev–Trinajstić information content (AvgIpc) is 3.41. The second-order valence-electron chi connectivity index (χ2n) is 7.06. The van der Waals surface area contributed by atoms with Gasteiger partial charge in [0.05, 0.1) is 0 Å². The first-order valence-electron chi connectivity index (χ1n) is 9.44. The maximum Gasteiger partial charge on any atom is 0.273 e. The van der Waals surface area contributed by atoms with Gasteiger partial charge in [0.15, 0.2) is 11.5 Å². The normalized spacial score (nSPS) is 13.0. The molecule has 0 saturated heterocycles. The van der Waals surface area contributed by atoms with E-state index in [4.69, 9.17) is 9.26 Å². The summed E-state index contributed by atoms with van der Waals surface area (Å²) < 4.78 is 10.8. The number of ether oxygens (including phenoxy) is 1. The van der Waals surface area contributed by atoms with Gasteiger partial charge in [-0.05, 0) is 56.2 Å². The molecule has 7 nitrogen and oxygen atoms in total. The van der Waals surface area contributed by atoms with Crippen LogP contribution in [0.15, 0.2) is 59.1 Å². The number of hydrogen-bond donors (Lipinski definition) is 2. The second kappa shape index (κ2) is 8.18. The van der Waals surface area contributed by atoms with Crippen LogP contribution < -0.4 is 15.4 Å². The van der Waals surface area contributed by atoms with Gasteiger partial charge in [0, 0.05) is 23.4 Å². The van der Waals surface area contributed by atoms with Gasteiger partial charge in [-0.3, -0.25) is 9.59 Å². The summed E-state index contributed by atoms with van der Waals surface area (Å²) in [5.41, 5.74) is 2.62. The third-order valence-corrected chi connectivity index (χ3v) is 4.51. The van der Waals surface area contributed by atoms with Crippen LogP contribution in [0.25, 0.3) is 0 Å². The van der Waals surface area contributed by atoms with Crippen molar-refractivity contribution in [1.82, 2.24) is 10.5 Å². The molecule has 0 aliphatic heterocycles. The van der Waals surface area contributed by atoms with Crippen molar-refractivity contribution in [2.24, 2.45) is 0 Å². The summed E-state index contributed by atoms with van der Waals surface area (Å²) >= 11 is 0. The molecule has 29 heavy (non-hydrogen) atoms. The van der Waals surface area contributed by atoms with Crippen LogP contribution in [0.2, 0.25) is 0 Å². The van der Waals surface area contributed by atoms with E-state index in [-0.39, 0.29) is 30.2 Å². The van der Waals surface area contributed by atoms with Crippen LogP contribution in [0, 0.1) is 6.92 Å². The van der Waals surface area contributed by atoms with E-state index in [0.717, 1.165) is 18.4 Å². The fourth-order valence-electron chi connectivity index (χ4n) is 2.67. The number of nitrogens with zero attached hydrogens (tertiary/aromatic N) is 1. The molecule has 7 heteroatoms. The lowest BCUT2D eigenvalue weighted by molar-refractivity contribution is 0.0941. The second-order valence-corrected chi connectivity index (χ2v) is 7.06. The maximum atomic E-state index is 12.3. The Morgan fingerprint density at radius 3 is 2.48 bits per heavy atom. The lowest BCUT2D eigenvalue weighted by Gasteiger charge is -2.07. The van der Waals surface area contributed by atoms with Crippen molar-refractivity contribution in [2.45, 2.75) is 32.4 Å². The number of carbonyl (C=O) groups excluding carboxylic acids is 2. The van der Waals surface area contributed by atoms with Crippen molar-refractivity contribution >= 4 is 17.5 Å². The van der Waals surface area contributed by atoms with E-state index >= 15 is 0 Å². The molecule has 3 aromatic rings. The summed E-state index contributed by atoms with van der Waals surface area (Å²) in [6.07, 6.45) is 2.03. The molecule has 2 aromatic carbocycles. The highest BCUT2D eigenvalue weighted by Gasteiger charge is 2.25. The molecule has 1 heterocycles. The quantitative estimate of drug-likeness (QED) is 0.640. The van der Waals surface area contributed by atoms with Crippen LogP contribution in [0.1, 0.15) is 45.0 Å². The zero-order valence-corrected chi connectivity index (χ0v) is 16.0. The van der Waals surface area contributed by atoms with Gasteiger partial charge in [-0.25, -0.2) is 0 Å². The molecule has 1 aromatic heterocycles. The first-order valence-corrected chi connectivity index (χ1v) is 9.44. The minimum atomic E-state index is -0.226. The summed E-state index contributed by atoms with van der Waals surface area (Å²) in [6.45, 7) is 2.13. The van der Waals surface area contributed by atoms with Crippen molar-refractivity contribution in [2.75, 3.05) is 5.32 Å². The first kappa shape index (κ1) is 18.7. The monoisotopic (exact) mass is 391 g/mol. The van der Waals surface area contributed by atoms with Crippen LogP contribution in [-0.4, -0.2) is 23.0 Å². The molecule has 0 atom stereocenters. The van der Waals surface area contributed by atoms with Crippen LogP contribution >= 0.6 is 0 Å². The number of rotatable bonds is 7. The Bertz CT molecular complexity index is 1010. The molecule has 1 aliphatic rings. The van der Waals surface area contributed by atoms with Crippen LogP contribution in [0.3, 0.4) is 0 Å². The Morgan fingerprint density at radius 1 is 1.07 bits per heavy atom. The molecule has 1 aliphatic carbocycles. The maximum absolute atomic E-state index is 12.3. The minimum Gasteiger partial charge on any atom is -0.486 e. The molecular weight excluding hydrogens is 370 g/mol. The van der Waals surface area contributed by atoms with Gasteiger partial charge < -0.3 is 19.9 Å². The van der Waals surface area contributed by atoms with Crippen molar-refractivity contribution in [3.05, 3.63) is 77.2 Å². The topological polar surface area (TPSA) is 93.5 Å². The molecule has 0 spiro atoms. The minimum absolute atomic E-state index is 0.152. The lowest BCUT2D eigenvalue weighted by Crippen LogP contribution is -2.25. The number of carbonyl (C=O) groups is 2. The van der Waals surface area contributed by atoms with Gasteiger partial charge in [-0.2, -0.15) is 0 Å². The Morgan fingerprint density at radius 2 is 1.79 bits per heavy atom.